The Balaban J connectivity index is 2.43. The van der Waals surface area contributed by atoms with Crippen molar-refractivity contribution in [3.05, 3.63) is 0 Å². The van der Waals surface area contributed by atoms with Gasteiger partial charge in [-0.3, -0.25) is 0 Å². The van der Waals surface area contributed by atoms with Crippen LogP contribution >= 0.6 is 0 Å². The number of rotatable bonds is 1. The highest BCUT2D eigenvalue weighted by molar-refractivity contribution is 5.64. The molecule has 0 aromatic heterocycles. The third kappa shape index (κ3) is 0.657. The lowest BCUT2D eigenvalue weighted by Gasteiger charge is -2.34. The Bertz CT molecular complexity index is 86.1. The largest absolute Gasteiger partial charge is 0.305 e. The Morgan fingerprint density at radius 1 is 1.86 bits per heavy atom. The Morgan fingerprint density at radius 3 is 2.43 bits per heavy atom. The highest BCUT2D eigenvalue weighted by Gasteiger charge is 2.29. The Morgan fingerprint density at radius 2 is 2.43 bits per heavy atom. The lowest BCUT2D eigenvalue weighted by atomic mass is 9.93. The van der Waals surface area contributed by atoms with E-state index in [1.165, 1.54) is 0 Å². The minimum Gasteiger partial charge on any atom is -0.305 e. The molecular weight excluding hydrogens is 90.1 g/mol. The first-order valence-electron chi connectivity index (χ1n) is 2.48. The molecule has 0 aromatic carbocycles. The Kier molecular flexibility index (Phi) is 0.889. The van der Waals surface area contributed by atoms with Gasteiger partial charge in [-0.1, -0.05) is 0 Å². The highest BCUT2D eigenvalue weighted by Crippen LogP contribution is 2.12. The maximum Gasteiger partial charge on any atom is 0.139 e. The topological polar surface area (TPSA) is 29.1 Å². The van der Waals surface area contributed by atoms with Crippen LogP contribution in [-0.4, -0.2) is 18.4 Å². The van der Waals surface area contributed by atoms with E-state index in [1.54, 1.807) is 0 Å². The predicted octanol–water partition coefficient (Wildman–Crippen LogP) is -0.0627. The van der Waals surface area contributed by atoms with E-state index in [1.807, 2.05) is 6.92 Å². The second-order valence-electron chi connectivity index (χ2n) is 2.21. The zero-order valence-corrected chi connectivity index (χ0v) is 4.40. The molecule has 0 spiro atoms. The number of hydrogen-bond donors (Lipinski definition) is 1. The molecule has 1 N–H and O–H groups in total. The molecule has 1 saturated heterocycles. The van der Waals surface area contributed by atoms with Crippen molar-refractivity contribution in [2.75, 3.05) is 6.54 Å². The van der Waals surface area contributed by atoms with Gasteiger partial charge in [0, 0.05) is 0 Å². The first kappa shape index (κ1) is 4.78. The van der Waals surface area contributed by atoms with E-state index in [4.69, 9.17) is 0 Å². The maximum atomic E-state index is 10.0. The standard InChI is InChI=1S/C5H9NO/c1-5(4-7)2-3-6-5/h4,6H,2-3H2,1H3. The first-order valence-corrected chi connectivity index (χ1v) is 2.48. The van der Waals surface area contributed by atoms with Gasteiger partial charge in [-0.25, -0.2) is 0 Å². The van der Waals surface area contributed by atoms with Crippen LogP contribution in [0.1, 0.15) is 13.3 Å². The zero-order chi connectivity index (χ0) is 5.33. The molecule has 1 unspecified atom stereocenters. The number of carbonyl (C=O) groups is 1. The summed E-state index contributed by atoms with van der Waals surface area (Å²) < 4.78 is 0. The van der Waals surface area contributed by atoms with Crippen LogP contribution in [0.15, 0.2) is 0 Å². The fourth-order valence-corrected chi connectivity index (χ4v) is 0.620. The summed E-state index contributed by atoms with van der Waals surface area (Å²) in [6.07, 6.45) is 1.97. The third-order valence-electron chi connectivity index (χ3n) is 1.43. The highest BCUT2D eigenvalue weighted by atomic mass is 16.1. The molecule has 2 heteroatoms. The van der Waals surface area contributed by atoms with E-state index in [2.05, 4.69) is 5.32 Å². The van der Waals surface area contributed by atoms with Gasteiger partial charge in [0.05, 0.1) is 5.54 Å². The van der Waals surface area contributed by atoms with E-state index >= 15 is 0 Å². The number of carbonyl (C=O) groups excluding carboxylic acids is 1. The molecular formula is C5H9NO. The molecule has 1 heterocycles. The van der Waals surface area contributed by atoms with Crippen LogP contribution in [0.3, 0.4) is 0 Å². The molecule has 0 radical (unpaired) electrons. The molecule has 1 aliphatic heterocycles. The molecule has 7 heavy (non-hydrogen) atoms. The number of nitrogens with one attached hydrogen (secondary N) is 1. The van der Waals surface area contributed by atoms with Crippen molar-refractivity contribution >= 4 is 6.29 Å². The van der Waals surface area contributed by atoms with Crippen LogP contribution < -0.4 is 5.32 Å². The normalized spacial score (nSPS) is 39.6. The molecule has 0 amide bonds. The van der Waals surface area contributed by atoms with Gasteiger partial charge in [0.2, 0.25) is 0 Å². The molecule has 2 nitrogen and oxygen atoms in total. The number of hydrogen-bond acceptors (Lipinski definition) is 2. The van der Waals surface area contributed by atoms with Gasteiger partial charge < -0.3 is 10.1 Å². The van der Waals surface area contributed by atoms with Gasteiger partial charge >= 0.3 is 0 Å². The third-order valence-corrected chi connectivity index (χ3v) is 1.43. The fourth-order valence-electron chi connectivity index (χ4n) is 0.620. The fraction of sp³-hybridized carbons (Fsp3) is 0.800. The van der Waals surface area contributed by atoms with Crippen molar-refractivity contribution in [3.8, 4) is 0 Å². The first-order chi connectivity index (χ1) is 3.27. The van der Waals surface area contributed by atoms with Gasteiger partial charge in [-0.15, -0.1) is 0 Å². The average Bonchev–Trinajstić information content (AvgIpc) is 1.61. The minimum atomic E-state index is -0.167. The predicted molar refractivity (Wildman–Crippen MR) is 27.1 cm³/mol. The van der Waals surface area contributed by atoms with Crippen molar-refractivity contribution < 1.29 is 4.79 Å². The van der Waals surface area contributed by atoms with Gasteiger partial charge in [0.1, 0.15) is 6.29 Å². The zero-order valence-electron chi connectivity index (χ0n) is 4.40. The number of aldehydes is 1. The molecule has 40 valence electrons. The van der Waals surface area contributed by atoms with Crippen LogP contribution in [0.4, 0.5) is 0 Å². The molecule has 0 aliphatic carbocycles. The molecule has 0 bridgehead atoms. The molecule has 1 rings (SSSR count). The second-order valence-corrected chi connectivity index (χ2v) is 2.21. The summed E-state index contributed by atoms with van der Waals surface area (Å²) in [5.74, 6) is 0. The van der Waals surface area contributed by atoms with E-state index in [-0.39, 0.29) is 5.54 Å². The van der Waals surface area contributed by atoms with E-state index in [9.17, 15) is 4.79 Å². The van der Waals surface area contributed by atoms with E-state index in [0.717, 1.165) is 19.3 Å². The second kappa shape index (κ2) is 1.30. The van der Waals surface area contributed by atoms with Crippen molar-refractivity contribution in [3.63, 3.8) is 0 Å². The van der Waals surface area contributed by atoms with Crippen molar-refractivity contribution in [1.82, 2.24) is 5.32 Å². The Hall–Kier alpha value is -0.370. The van der Waals surface area contributed by atoms with E-state index < -0.39 is 0 Å². The van der Waals surface area contributed by atoms with Crippen LogP contribution in [0, 0.1) is 0 Å². The average molecular weight is 99.1 g/mol. The van der Waals surface area contributed by atoms with Crippen LogP contribution in [0.5, 0.6) is 0 Å². The monoisotopic (exact) mass is 99.1 g/mol. The van der Waals surface area contributed by atoms with Crippen molar-refractivity contribution in [1.29, 1.82) is 0 Å². The summed E-state index contributed by atoms with van der Waals surface area (Å²) in [7, 11) is 0. The van der Waals surface area contributed by atoms with Crippen LogP contribution in [0.2, 0.25) is 0 Å². The van der Waals surface area contributed by atoms with Crippen LogP contribution in [-0.2, 0) is 4.79 Å². The Labute approximate surface area is 42.9 Å². The van der Waals surface area contributed by atoms with Crippen molar-refractivity contribution in [2.24, 2.45) is 0 Å². The van der Waals surface area contributed by atoms with Gasteiger partial charge in [-0.05, 0) is 19.9 Å². The van der Waals surface area contributed by atoms with Gasteiger partial charge in [0.25, 0.3) is 0 Å². The quantitative estimate of drug-likeness (QED) is 0.466. The molecule has 0 saturated carbocycles. The summed E-state index contributed by atoms with van der Waals surface area (Å²) in [4.78, 5) is 10.0. The summed E-state index contributed by atoms with van der Waals surface area (Å²) in [6.45, 7) is 2.90. The summed E-state index contributed by atoms with van der Waals surface area (Å²) in [5, 5.41) is 3.00. The smallest absolute Gasteiger partial charge is 0.139 e. The van der Waals surface area contributed by atoms with E-state index in [0.29, 0.717) is 0 Å². The molecule has 1 aliphatic rings. The maximum absolute atomic E-state index is 10.0. The summed E-state index contributed by atoms with van der Waals surface area (Å²) >= 11 is 0. The molecule has 0 aromatic rings. The molecule has 1 atom stereocenters. The van der Waals surface area contributed by atoms with Crippen LogP contribution in [0.25, 0.3) is 0 Å². The summed E-state index contributed by atoms with van der Waals surface area (Å²) in [6, 6.07) is 0. The van der Waals surface area contributed by atoms with Gasteiger partial charge in [-0.2, -0.15) is 0 Å². The minimum absolute atomic E-state index is 0.167. The van der Waals surface area contributed by atoms with Crippen molar-refractivity contribution in [2.45, 2.75) is 18.9 Å². The summed E-state index contributed by atoms with van der Waals surface area (Å²) in [5.41, 5.74) is -0.167. The van der Waals surface area contributed by atoms with Gasteiger partial charge in [0.15, 0.2) is 0 Å². The molecule has 1 fully saturated rings. The lowest BCUT2D eigenvalue weighted by Crippen LogP contribution is -2.55. The lowest BCUT2D eigenvalue weighted by molar-refractivity contribution is -0.115. The SMILES string of the molecule is CC1(C=O)CCN1.